The molecule has 148 valence electrons. The molecule has 0 radical (unpaired) electrons. The second kappa shape index (κ2) is 12.3. The monoisotopic (exact) mass is 485 g/mol. The molecule has 6 nitrogen and oxygen atoms in total. The number of nitrogens with one attached hydrogen (secondary N) is 2. The summed E-state index contributed by atoms with van der Waals surface area (Å²) in [6, 6.07) is 13.8. The minimum Gasteiger partial charge on any atom is -0.497 e. The molecule has 2 aromatic carbocycles. The maximum Gasteiger partial charge on any atom is 0.191 e. The third kappa shape index (κ3) is 7.16. The van der Waals surface area contributed by atoms with Gasteiger partial charge in [0.2, 0.25) is 0 Å². The first-order chi connectivity index (χ1) is 12.7. The third-order valence-corrected chi connectivity index (χ3v) is 3.83. The fourth-order valence-electron chi connectivity index (χ4n) is 2.43. The van der Waals surface area contributed by atoms with Crippen LogP contribution in [0.1, 0.15) is 18.1 Å². The molecule has 0 aliphatic heterocycles. The van der Waals surface area contributed by atoms with Crippen molar-refractivity contribution in [1.82, 2.24) is 10.6 Å². The molecule has 0 aliphatic carbocycles. The van der Waals surface area contributed by atoms with E-state index in [0.717, 1.165) is 34.3 Å². The van der Waals surface area contributed by atoms with Crippen molar-refractivity contribution in [1.29, 1.82) is 0 Å². The van der Waals surface area contributed by atoms with Gasteiger partial charge in [0.15, 0.2) is 17.5 Å². The van der Waals surface area contributed by atoms with E-state index < -0.39 is 0 Å². The summed E-state index contributed by atoms with van der Waals surface area (Å²) in [4.78, 5) is 4.26. The second-order valence-corrected chi connectivity index (χ2v) is 5.55. The van der Waals surface area contributed by atoms with E-state index in [-0.39, 0.29) is 24.0 Å². The Labute approximate surface area is 178 Å². The standard InChI is InChI=1S/C20H27N3O3.HI/c1-5-26-19-12-16(8-11-18(19)25-4)14-23-20(21-2)22-13-15-6-9-17(24-3)10-7-15;/h6-12H,5,13-14H2,1-4H3,(H2,21,22,23);1H. The van der Waals surface area contributed by atoms with Crippen LogP contribution >= 0.6 is 24.0 Å². The molecule has 2 rings (SSSR count). The first-order valence-corrected chi connectivity index (χ1v) is 8.57. The van der Waals surface area contributed by atoms with E-state index in [4.69, 9.17) is 14.2 Å². The Morgan fingerprint density at radius 1 is 0.889 bits per heavy atom. The van der Waals surface area contributed by atoms with Crippen LogP contribution in [-0.2, 0) is 13.1 Å². The minimum absolute atomic E-state index is 0. The molecule has 0 fully saturated rings. The van der Waals surface area contributed by atoms with Crippen molar-refractivity contribution >= 4 is 29.9 Å². The van der Waals surface area contributed by atoms with Crippen LogP contribution in [0.5, 0.6) is 17.2 Å². The number of halogens is 1. The van der Waals surface area contributed by atoms with Crippen LogP contribution in [0.3, 0.4) is 0 Å². The molecular weight excluding hydrogens is 457 g/mol. The molecule has 0 atom stereocenters. The lowest BCUT2D eigenvalue weighted by atomic mass is 10.2. The lowest BCUT2D eigenvalue weighted by Crippen LogP contribution is -2.36. The molecule has 0 bridgehead atoms. The van der Waals surface area contributed by atoms with Crippen molar-refractivity contribution in [3.05, 3.63) is 53.6 Å². The summed E-state index contributed by atoms with van der Waals surface area (Å²) in [6.45, 7) is 3.86. The molecular formula is C20H28IN3O3. The van der Waals surface area contributed by atoms with E-state index in [0.29, 0.717) is 19.7 Å². The summed E-state index contributed by atoms with van der Waals surface area (Å²) < 4.78 is 16.1. The zero-order chi connectivity index (χ0) is 18.8. The van der Waals surface area contributed by atoms with E-state index in [1.54, 1.807) is 21.3 Å². The zero-order valence-electron chi connectivity index (χ0n) is 16.2. The molecule has 0 spiro atoms. The van der Waals surface area contributed by atoms with Gasteiger partial charge in [0.05, 0.1) is 20.8 Å². The molecule has 0 aliphatic rings. The fourth-order valence-corrected chi connectivity index (χ4v) is 2.43. The quantitative estimate of drug-likeness (QED) is 0.340. The number of nitrogens with zero attached hydrogens (tertiary/aromatic N) is 1. The number of aliphatic imine (C=N–C) groups is 1. The Morgan fingerprint density at radius 3 is 2.07 bits per heavy atom. The van der Waals surface area contributed by atoms with E-state index >= 15 is 0 Å². The van der Waals surface area contributed by atoms with Gasteiger partial charge in [-0.05, 0) is 42.3 Å². The van der Waals surface area contributed by atoms with Crippen molar-refractivity contribution in [3.8, 4) is 17.2 Å². The average molecular weight is 485 g/mol. The Balaban J connectivity index is 0.00000364. The highest BCUT2D eigenvalue weighted by molar-refractivity contribution is 14.0. The maximum atomic E-state index is 5.62. The summed E-state index contributed by atoms with van der Waals surface area (Å²) in [7, 11) is 5.05. The fraction of sp³-hybridized carbons (Fsp3) is 0.350. The number of hydrogen-bond donors (Lipinski definition) is 2. The number of hydrogen-bond acceptors (Lipinski definition) is 4. The molecule has 0 amide bonds. The Kier molecular flexibility index (Phi) is 10.4. The van der Waals surface area contributed by atoms with Gasteiger partial charge in [0.1, 0.15) is 5.75 Å². The zero-order valence-corrected chi connectivity index (χ0v) is 18.6. The van der Waals surface area contributed by atoms with Gasteiger partial charge in [0, 0.05) is 20.1 Å². The molecule has 0 saturated carbocycles. The number of methoxy groups -OCH3 is 2. The van der Waals surface area contributed by atoms with Crippen LogP contribution in [-0.4, -0.2) is 33.8 Å². The molecule has 2 N–H and O–H groups in total. The Hall–Kier alpha value is -2.16. The highest BCUT2D eigenvalue weighted by Gasteiger charge is 2.06. The van der Waals surface area contributed by atoms with E-state index in [1.807, 2.05) is 49.4 Å². The van der Waals surface area contributed by atoms with E-state index in [9.17, 15) is 0 Å². The topological polar surface area (TPSA) is 64.1 Å². The first kappa shape index (κ1) is 22.9. The Bertz CT molecular complexity index is 721. The summed E-state index contributed by atoms with van der Waals surface area (Å²) >= 11 is 0. The molecule has 0 saturated heterocycles. The van der Waals surface area contributed by atoms with Crippen LogP contribution in [0, 0.1) is 0 Å². The van der Waals surface area contributed by atoms with Gasteiger partial charge in [-0.1, -0.05) is 18.2 Å². The van der Waals surface area contributed by atoms with E-state index in [2.05, 4.69) is 15.6 Å². The van der Waals surface area contributed by atoms with Gasteiger partial charge in [-0.3, -0.25) is 4.99 Å². The number of ether oxygens (including phenoxy) is 3. The molecule has 2 aromatic rings. The summed E-state index contributed by atoms with van der Waals surface area (Å²) in [5.41, 5.74) is 2.23. The molecule has 0 unspecified atom stereocenters. The van der Waals surface area contributed by atoms with Crippen molar-refractivity contribution in [3.63, 3.8) is 0 Å². The summed E-state index contributed by atoms with van der Waals surface area (Å²) in [6.07, 6.45) is 0. The van der Waals surface area contributed by atoms with Gasteiger partial charge in [-0.2, -0.15) is 0 Å². The predicted octanol–water partition coefficient (Wildman–Crippen LogP) is 3.59. The van der Waals surface area contributed by atoms with Gasteiger partial charge < -0.3 is 24.8 Å². The smallest absolute Gasteiger partial charge is 0.191 e. The molecule has 0 heterocycles. The van der Waals surface area contributed by atoms with Crippen LogP contribution in [0.4, 0.5) is 0 Å². The van der Waals surface area contributed by atoms with E-state index in [1.165, 1.54) is 0 Å². The summed E-state index contributed by atoms with van der Waals surface area (Å²) in [5, 5.41) is 6.60. The lowest BCUT2D eigenvalue weighted by Gasteiger charge is -2.14. The van der Waals surface area contributed by atoms with Gasteiger partial charge in [-0.15, -0.1) is 24.0 Å². The van der Waals surface area contributed by atoms with Gasteiger partial charge in [-0.25, -0.2) is 0 Å². The van der Waals surface area contributed by atoms with Crippen LogP contribution in [0.15, 0.2) is 47.5 Å². The predicted molar refractivity (Wildman–Crippen MR) is 120 cm³/mol. The lowest BCUT2D eigenvalue weighted by molar-refractivity contribution is 0.310. The highest BCUT2D eigenvalue weighted by Crippen LogP contribution is 2.27. The largest absolute Gasteiger partial charge is 0.497 e. The van der Waals surface area contributed by atoms with Crippen molar-refractivity contribution < 1.29 is 14.2 Å². The molecule has 7 heteroatoms. The van der Waals surface area contributed by atoms with Crippen molar-refractivity contribution in [2.75, 3.05) is 27.9 Å². The molecule has 0 aromatic heterocycles. The second-order valence-electron chi connectivity index (χ2n) is 5.55. The number of benzene rings is 2. The van der Waals surface area contributed by atoms with Gasteiger partial charge in [0.25, 0.3) is 0 Å². The van der Waals surface area contributed by atoms with Crippen LogP contribution in [0.25, 0.3) is 0 Å². The number of guanidine groups is 1. The third-order valence-electron chi connectivity index (χ3n) is 3.83. The first-order valence-electron chi connectivity index (χ1n) is 8.57. The minimum atomic E-state index is 0. The SMILES string of the molecule is CCOc1cc(CNC(=NC)NCc2ccc(OC)cc2)ccc1OC.I. The number of rotatable bonds is 8. The van der Waals surface area contributed by atoms with Crippen molar-refractivity contribution in [2.45, 2.75) is 20.0 Å². The van der Waals surface area contributed by atoms with Gasteiger partial charge >= 0.3 is 0 Å². The highest BCUT2D eigenvalue weighted by atomic mass is 127. The van der Waals surface area contributed by atoms with Crippen LogP contribution < -0.4 is 24.8 Å². The van der Waals surface area contributed by atoms with Crippen molar-refractivity contribution in [2.24, 2.45) is 4.99 Å². The molecule has 27 heavy (non-hydrogen) atoms. The Morgan fingerprint density at radius 2 is 1.52 bits per heavy atom. The maximum absolute atomic E-state index is 5.62. The average Bonchev–Trinajstić information content (AvgIpc) is 2.69. The van der Waals surface area contributed by atoms with Crippen LogP contribution in [0.2, 0.25) is 0 Å². The summed E-state index contributed by atoms with van der Waals surface area (Å²) in [5.74, 6) is 3.06. The normalized spacial score (nSPS) is 10.6.